The first-order chi connectivity index (χ1) is 7.61. The van der Waals surface area contributed by atoms with Gasteiger partial charge in [0.1, 0.15) is 4.75 Å². The highest BCUT2D eigenvalue weighted by molar-refractivity contribution is 8.23. The minimum atomic E-state index is -0.422. The zero-order valence-electron chi connectivity index (χ0n) is 9.51. The van der Waals surface area contributed by atoms with Crippen LogP contribution < -0.4 is 4.57 Å². The van der Waals surface area contributed by atoms with Crippen molar-refractivity contribution in [2.24, 2.45) is 0 Å². The maximum absolute atomic E-state index is 9.17. The van der Waals surface area contributed by atoms with Gasteiger partial charge >= 0.3 is 4.32 Å². The Morgan fingerprint density at radius 1 is 1.44 bits per heavy atom. The fourth-order valence-corrected chi connectivity index (χ4v) is 3.01. The smallest absolute Gasteiger partial charge is 0.197 e. The zero-order valence-corrected chi connectivity index (χ0v) is 11.1. The largest absolute Gasteiger partial charge is 0.314 e. The highest BCUT2D eigenvalue weighted by Crippen LogP contribution is 2.29. The van der Waals surface area contributed by atoms with Crippen LogP contribution >= 0.6 is 24.0 Å². The Kier molecular flexibility index (Phi) is 4.91. The van der Waals surface area contributed by atoms with E-state index in [4.69, 9.17) is 12.2 Å². The summed E-state index contributed by atoms with van der Waals surface area (Å²) in [6.45, 7) is 4.02. The van der Waals surface area contributed by atoms with Crippen LogP contribution in [0, 0.1) is 11.3 Å². The molecule has 0 amide bonds. The van der Waals surface area contributed by atoms with E-state index in [0.29, 0.717) is 0 Å². The monoisotopic (exact) mass is 251 g/mol. The Morgan fingerprint density at radius 2 is 2.06 bits per heavy atom. The summed E-state index contributed by atoms with van der Waals surface area (Å²) in [7, 11) is 0. The van der Waals surface area contributed by atoms with Crippen LogP contribution in [0.3, 0.4) is 0 Å². The second kappa shape index (κ2) is 5.97. The van der Waals surface area contributed by atoms with E-state index in [1.807, 2.05) is 42.1 Å². The van der Waals surface area contributed by atoms with Crippen LogP contribution in [-0.2, 0) is 0 Å². The van der Waals surface area contributed by atoms with E-state index in [-0.39, 0.29) is 0 Å². The quantitative estimate of drug-likeness (QED) is 0.610. The number of aromatic nitrogens is 1. The number of pyridine rings is 1. The predicted molar refractivity (Wildman–Crippen MR) is 71.2 cm³/mol. The first-order valence-electron chi connectivity index (χ1n) is 5.22. The van der Waals surface area contributed by atoms with Crippen molar-refractivity contribution in [2.45, 2.75) is 31.4 Å². The summed E-state index contributed by atoms with van der Waals surface area (Å²) in [6.07, 6.45) is 5.64. The Morgan fingerprint density at radius 3 is 2.56 bits per heavy atom. The lowest BCUT2D eigenvalue weighted by Crippen LogP contribution is -2.41. The molecule has 0 aromatic carbocycles. The second-order valence-electron chi connectivity index (χ2n) is 3.74. The number of nitrogens with zero attached hydrogens (tertiary/aromatic N) is 2. The van der Waals surface area contributed by atoms with E-state index in [1.165, 1.54) is 11.8 Å². The van der Waals surface area contributed by atoms with Crippen LogP contribution in [0.15, 0.2) is 30.6 Å². The van der Waals surface area contributed by atoms with Crippen LogP contribution in [0.5, 0.6) is 0 Å². The van der Waals surface area contributed by atoms with Crippen LogP contribution in [0.25, 0.3) is 0 Å². The minimum Gasteiger partial charge on any atom is -0.197 e. The topological polar surface area (TPSA) is 27.7 Å². The zero-order chi connectivity index (χ0) is 12.0. The molecular weight excluding hydrogens is 236 g/mol. The Hall–Kier alpha value is -0.920. The van der Waals surface area contributed by atoms with E-state index >= 15 is 0 Å². The molecule has 1 aromatic heterocycles. The van der Waals surface area contributed by atoms with Crippen molar-refractivity contribution in [2.75, 3.05) is 0 Å². The van der Waals surface area contributed by atoms with Gasteiger partial charge in [-0.2, -0.15) is 9.83 Å². The molecule has 84 valence electrons. The van der Waals surface area contributed by atoms with Crippen molar-refractivity contribution in [3.05, 3.63) is 30.6 Å². The molecule has 0 spiro atoms. The van der Waals surface area contributed by atoms with E-state index in [1.54, 1.807) is 0 Å². The second-order valence-corrected chi connectivity index (χ2v) is 5.88. The van der Waals surface area contributed by atoms with Crippen molar-refractivity contribution >= 4 is 28.3 Å². The van der Waals surface area contributed by atoms with Gasteiger partial charge in [-0.3, -0.25) is 0 Å². The maximum Gasteiger partial charge on any atom is 0.314 e. The first kappa shape index (κ1) is 13.1. The van der Waals surface area contributed by atoms with E-state index in [9.17, 15) is 5.26 Å². The fraction of sp³-hybridized carbons (Fsp3) is 0.417. The van der Waals surface area contributed by atoms with Gasteiger partial charge in [0.05, 0.1) is 6.07 Å². The summed E-state index contributed by atoms with van der Waals surface area (Å²) in [5.74, 6) is 0. The van der Waals surface area contributed by atoms with Crippen molar-refractivity contribution in [3.8, 4) is 6.07 Å². The maximum atomic E-state index is 9.17. The van der Waals surface area contributed by atoms with Crippen LogP contribution in [0.1, 0.15) is 26.7 Å². The van der Waals surface area contributed by atoms with Crippen molar-refractivity contribution in [1.29, 1.82) is 5.26 Å². The van der Waals surface area contributed by atoms with Gasteiger partial charge in [0.2, 0.25) is 0 Å². The number of thioether (sulfide) groups is 1. The average Bonchev–Trinajstić information content (AvgIpc) is 2.30. The molecule has 16 heavy (non-hydrogen) atoms. The van der Waals surface area contributed by atoms with Gasteiger partial charge in [0.25, 0.3) is 0 Å². The van der Waals surface area contributed by atoms with Crippen molar-refractivity contribution in [1.82, 2.24) is 0 Å². The standard InChI is InChI=1S/C12H15N2S2/c1-3-7-12(2,10-13)16-11(15)14-8-5-4-6-9-14/h4-6,8-9H,3,7H2,1-2H3/q+1. The molecule has 0 aliphatic rings. The third kappa shape index (κ3) is 3.58. The molecule has 1 atom stereocenters. The third-order valence-corrected chi connectivity index (χ3v) is 3.79. The lowest BCUT2D eigenvalue weighted by molar-refractivity contribution is -0.546. The lowest BCUT2D eigenvalue weighted by atomic mass is 10.1. The molecule has 0 saturated carbocycles. The molecule has 0 aliphatic heterocycles. The Labute approximate surface area is 106 Å². The van der Waals surface area contributed by atoms with Crippen molar-refractivity contribution < 1.29 is 4.57 Å². The molecule has 1 unspecified atom stereocenters. The van der Waals surface area contributed by atoms with Crippen LogP contribution in [0.2, 0.25) is 0 Å². The molecule has 0 N–H and O–H groups in total. The average molecular weight is 251 g/mol. The number of thiocarbonyl (C=S) groups is 1. The predicted octanol–water partition coefficient (Wildman–Crippen LogP) is 2.92. The van der Waals surface area contributed by atoms with Gasteiger partial charge in [0, 0.05) is 24.4 Å². The Balaban J connectivity index is 2.75. The van der Waals surface area contributed by atoms with E-state index < -0.39 is 4.75 Å². The summed E-state index contributed by atoms with van der Waals surface area (Å²) in [4.78, 5) is 0. The molecule has 1 aromatic rings. The molecule has 2 nitrogen and oxygen atoms in total. The van der Waals surface area contributed by atoms with Gasteiger partial charge in [-0.15, -0.1) is 0 Å². The fourth-order valence-electron chi connectivity index (χ4n) is 1.37. The summed E-state index contributed by atoms with van der Waals surface area (Å²) in [6, 6.07) is 8.14. The van der Waals surface area contributed by atoms with Gasteiger partial charge < -0.3 is 0 Å². The summed E-state index contributed by atoms with van der Waals surface area (Å²) >= 11 is 6.78. The highest BCUT2D eigenvalue weighted by Gasteiger charge is 2.29. The summed E-state index contributed by atoms with van der Waals surface area (Å²) in [5, 5.41) is 9.17. The lowest BCUT2D eigenvalue weighted by Gasteiger charge is -2.17. The van der Waals surface area contributed by atoms with Gasteiger partial charge in [-0.1, -0.05) is 19.4 Å². The molecule has 1 rings (SSSR count). The molecule has 4 heteroatoms. The van der Waals surface area contributed by atoms with E-state index in [2.05, 4.69) is 13.0 Å². The summed E-state index contributed by atoms with van der Waals surface area (Å²) in [5.41, 5.74) is 0. The van der Waals surface area contributed by atoms with Crippen LogP contribution in [-0.4, -0.2) is 9.07 Å². The molecule has 0 bridgehead atoms. The molecule has 0 radical (unpaired) electrons. The van der Waals surface area contributed by atoms with Crippen molar-refractivity contribution in [3.63, 3.8) is 0 Å². The number of hydrogen-bond donors (Lipinski definition) is 0. The van der Waals surface area contributed by atoms with E-state index in [0.717, 1.165) is 17.2 Å². The van der Waals surface area contributed by atoms with Gasteiger partial charge in [-0.05, 0) is 25.1 Å². The Bertz CT molecular complexity index is 397. The third-order valence-electron chi connectivity index (χ3n) is 2.20. The normalized spacial score (nSPS) is 13.8. The van der Waals surface area contributed by atoms with Gasteiger partial charge in [-0.25, -0.2) is 0 Å². The number of rotatable bonds is 3. The molecule has 0 aliphatic carbocycles. The summed E-state index contributed by atoms with van der Waals surface area (Å²) < 4.78 is 2.16. The number of nitriles is 1. The minimum absolute atomic E-state index is 0.422. The van der Waals surface area contributed by atoms with Crippen LogP contribution in [0.4, 0.5) is 0 Å². The highest BCUT2D eigenvalue weighted by atomic mass is 32.2. The molecular formula is C12H15N2S2+. The molecule has 1 heterocycles. The SMILES string of the molecule is CCCC(C)(C#N)SC(=S)[n+]1ccccc1. The molecule has 0 saturated heterocycles. The first-order valence-corrected chi connectivity index (χ1v) is 6.44. The number of hydrogen-bond acceptors (Lipinski definition) is 3. The van der Waals surface area contributed by atoms with Gasteiger partial charge in [0.15, 0.2) is 12.4 Å². The molecule has 0 fully saturated rings.